The molecular weight excluding hydrogens is 911 g/mol. The first kappa shape index (κ1) is 43.8. The van der Waals surface area contributed by atoms with Crippen molar-refractivity contribution in [2.24, 2.45) is 0 Å². The van der Waals surface area contributed by atoms with Crippen LogP contribution in [0.2, 0.25) is 20.1 Å². The van der Waals surface area contributed by atoms with Crippen molar-refractivity contribution < 1.29 is 16.8 Å². The minimum Gasteiger partial charge on any atom is -0.345 e. The van der Waals surface area contributed by atoms with Crippen LogP contribution < -0.4 is 9.80 Å². The molecule has 2 fully saturated rings. The quantitative estimate of drug-likeness (QED) is 0.134. The summed E-state index contributed by atoms with van der Waals surface area (Å²) in [6, 6.07) is 27.3. The van der Waals surface area contributed by atoms with Crippen molar-refractivity contribution in [3.63, 3.8) is 0 Å². The van der Waals surface area contributed by atoms with Gasteiger partial charge in [-0.05, 0) is 60.0 Å². The molecular formula is C41H40Cl4N6O4S4. The summed E-state index contributed by atoms with van der Waals surface area (Å²) < 4.78 is 54.7. The van der Waals surface area contributed by atoms with E-state index in [4.69, 9.17) is 56.4 Å². The highest BCUT2D eigenvalue weighted by molar-refractivity contribution is 7.89. The number of sulfonamides is 2. The van der Waals surface area contributed by atoms with E-state index >= 15 is 0 Å². The van der Waals surface area contributed by atoms with E-state index in [1.807, 2.05) is 30.3 Å². The highest BCUT2D eigenvalue weighted by atomic mass is 35.5. The van der Waals surface area contributed by atoms with Gasteiger partial charge in [-0.15, -0.1) is 22.7 Å². The Morgan fingerprint density at radius 1 is 0.542 bits per heavy atom. The molecule has 0 atom stereocenters. The first-order valence-electron chi connectivity index (χ1n) is 18.6. The zero-order valence-electron chi connectivity index (χ0n) is 31.8. The summed E-state index contributed by atoms with van der Waals surface area (Å²) in [7, 11) is -7.26. The van der Waals surface area contributed by atoms with Crippen LogP contribution in [0.4, 0.5) is 10.3 Å². The Hall–Kier alpha value is -3.28. The molecule has 0 radical (unpaired) electrons. The fourth-order valence-corrected chi connectivity index (χ4v) is 12.8. The summed E-state index contributed by atoms with van der Waals surface area (Å²) in [6.45, 7) is 6.02. The van der Waals surface area contributed by atoms with Crippen LogP contribution >= 0.6 is 69.1 Å². The topological polar surface area (TPSA) is 107 Å². The molecule has 0 N–H and O–H groups in total. The number of rotatable bonds is 10. The summed E-state index contributed by atoms with van der Waals surface area (Å²) in [5, 5.41) is 7.25. The zero-order chi connectivity index (χ0) is 41.7. The van der Waals surface area contributed by atoms with E-state index in [9.17, 15) is 16.8 Å². The zero-order valence-corrected chi connectivity index (χ0v) is 38.1. The van der Waals surface area contributed by atoms with Gasteiger partial charge in [0.25, 0.3) is 0 Å². The van der Waals surface area contributed by atoms with Gasteiger partial charge in [0.05, 0.1) is 21.2 Å². The third-order valence-corrected chi connectivity index (χ3v) is 16.4. The maximum absolute atomic E-state index is 13.0. The van der Waals surface area contributed by atoms with E-state index in [2.05, 4.69) is 51.7 Å². The minimum atomic E-state index is -3.63. The SMILES string of the molecule is Cc1ccccc1Cc1csc(N2CCN(S(=O)(=O)c3cc(Cl)cc(Cl)c3)CC2)n1.O=S(=O)(c1cc(Cl)cc(Cl)c1)N1CCN(c2nc(Cc3ccccc3)cs2)CC1. The third-order valence-electron chi connectivity index (χ3n) is 9.91. The van der Waals surface area contributed by atoms with Crippen molar-refractivity contribution in [2.45, 2.75) is 29.6 Å². The lowest BCUT2D eigenvalue weighted by atomic mass is 10.1. The number of hydrogen-bond acceptors (Lipinski definition) is 10. The van der Waals surface area contributed by atoms with Crippen LogP contribution in [0.25, 0.3) is 0 Å². The average Bonchev–Trinajstić information content (AvgIpc) is 3.89. The molecule has 59 heavy (non-hydrogen) atoms. The Kier molecular flexibility index (Phi) is 14.2. The summed E-state index contributed by atoms with van der Waals surface area (Å²) >= 11 is 27.1. The van der Waals surface area contributed by atoms with E-state index in [-0.39, 0.29) is 9.79 Å². The largest absolute Gasteiger partial charge is 0.345 e. The number of anilines is 2. The summed E-state index contributed by atoms with van der Waals surface area (Å²) in [5.41, 5.74) is 5.81. The van der Waals surface area contributed by atoms with Gasteiger partial charge in [0.2, 0.25) is 20.0 Å². The van der Waals surface area contributed by atoms with Crippen LogP contribution in [0.3, 0.4) is 0 Å². The molecule has 4 aromatic carbocycles. The number of hydrogen-bond donors (Lipinski definition) is 0. The molecule has 2 aromatic heterocycles. The Bertz CT molecular complexity index is 2570. The number of aromatic nitrogens is 2. The van der Waals surface area contributed by atoms with Gasteiger partial charge in [-0.25, -0.2) is 26.8 Å². The molecule has 4 heterocycles. The van der Waals surface area contributed by atoms with Gasteiger partial charge in [-0.1, -0.05) is 101 Å². The lowest BCUT2D eigenvalue weighted by molar-refractivity contribution is 0.384. The minimum absolute atomic E-state index is 0.128. The summed E-state index contributed by atoms with van der Waals surface area (Å²) in [4.78, 5) is 14.1. The van der Waals surface area contributed by atoms with Crippen molar-refractivity contribution in [2.75, 3.05) is 62.2 Å². The average molecular weight is 951 g/mol. The standard InChI is InChI=1S/C21H21Cl2N3O2S2.C20H19Cl2N3O2S2/c1-15-4-2-3-5-16(15)10-19-14-29-21(24-19)25-6-8-26(9-7-25)30(27,28)20-12-17(22)11-18(23)13-20;21-16-11-17(22)13-19(12-16)29(26,27)25-8-6-24(7-9-25)20-23-18(14-28-20)10-15-4-2-1-3-5-15/h2-5,11-14H,6-10H2,1H3;1-5,11-14H,6-10H2. The van der Waals surface area contributed by atoms with Crippen molar-refractivity contribution in [1.82, 2.24) is 18.6 Å². The highest BCUT2D eigenvalue weighted by Gasteiger charge is 2.31. The van der Waals surface area contributed by atoms with Crippen molar-refractivity contribution in [3.05, 3.63) is 150 Å². The van der Waals surface area contributed by atoms with Crippen LogP contribution in [-0.2, 0) is 32.9 Å². The maximum atomic E-state index is 13.0. The molecule has 0 saturated carbocycles. The van der Waals surface area contributed by atoms with E-state index in [0.717, 1.165) is 34.5 Å². The molecule has 2 aliphatic rings. The van der Waals surface area contributed by atoms with Crippen LogP contribution in [0, 0.1) is 6.92 Å². The number of thiazole rings is 2. The van der Waals surface area contributed by atoms with Gasteiger partial charge in [0.15, 0.2) is 10.3 Å². The molecule has 2 saturated heterocycles. The smallest absolute Gasteiger partial charge is 0.243 e. The molecule has 310 valence electrons. The Morgan fingerprint density at radius 2 is 0.949 bits per heavy atom. The maximum Gasteiger partial charge on any atom is 0.243 e. The van der Waals surface area contributed by atoms with Crippen molar-refractivity contribution in [3.8, 4) is 0 Å². The number of piperazine rings is 2. The molecule has 6 aromatic rings. The highest BCUT2D eigenvalue weighted by Crippen LogP contribution is 2.30. The molecule has 18 heteroatoms. The Morgan fingerprint density at radius 3 is 1.39 bits per heavy atom. The van der Waals surface area contributed by atoms with Gasteiger partial charge < -0.3 is 9.80 Å². The van der Waals surface area contributed by atoms with Crippen LogP contribution in [-0.4, -0.2) is 87.8 Å². The molecule has 0 unspecified atom stereocenters. The molecule has 8 rings (SSSR count). The van der Waals surface area contributed by atoms with E-state index in [0.29, 0.717) is 72.4 Å². The van der Waals surface area contributed by atoms with Crippen LogP contribution in [0.15, 0.2) is 112 Å². The fourth-order valence-electron chi connectivity index (χ4n) is 6.75. The van der Waals surface area contributed by atoms with E-state index < -0.39 is 20.0 Å². The van der Waals surface area contributed by atoms with E-state index in [1.54, 1.807) is 22.7 Å². The second-order valence-electron chi connectivity index (χ2n) is 14.0. The molecule has 0 spiro atoms. The lowest BCUT2D eigenvalue weighted by Crippen LogP contribution is -2.48. The fraction of sp³-hybridized carbons (Fsp3) is 0.268. The van der Waals surface area contributed by atoms with Gasteiger partial charge in [0, 0.05) is 96.1 Å². The molecule has 0 aliphatic carbocycles. The number of benzene rings is 4. The Labute approximate surface area is 373 Å². The van der Waals surface area contributed by atoms with Crippen molar-refractivity contribution in [1.29, 1.82) is 0 Å². The van der Waals surface area contributed by atoms with Crippen molar-refractivity contribution >= 4 is 99.4 Å². The molecule has 0 bridgehead atoms. The van der Waals surface area contributed by atoms with Gasteiger partial charge >= 0.3 is 0 Å². The second kappa shape index (κ2) is 19.2. The molecule has 10 nitrogen and oxygen atoms in total. The number of halogens is 4. The van der Waals surface area contributed by atoms with E-state index in [1.165, 1.54) is 61.7 Å². The normalized spacial score (nSPS) is 15.5. The number of nitrogens with zero attached hydrogens (tertiary/aromatic N) is 6. The first-order chi connectivity index (χ1) is 28.2. The predicted octanol–water partition coefficient (Wildman–Crippen LogP) is 9.41. The van der Waals surface area contributed by atoms with Crippen LogP contribution in [0.1, 0.15) is 28.1 Å². The van der Waals surface area contributed by atoms with Gasteiger partial charge in [-0.3, -0.25) is 0 Å². The monoisotopic (exact) mass is 948 g/mol. The second-order valence-corrected chi connectivity index (χ2v) is 21.3. The van der Waals surface area contributed by atoms with Gasteiger partial charge in [-0.2, -0.15) is 8.61 Å². The first-order valence-corrected chi connectivity index (χ1v) is 24.8. The third kappa shape index (κ3) is 11.0. The summed E-state index contributed by atoms with van der Waals surface area (Å²) in [5.74, 6) is 0. The predicted molar refractivity (Wildman–Crippen MR) is 242 cm³/mol. The lowest BCUT2D eigenvalue weighted by Gasteiger charge is -2.33. The summed E-state index contributed by atoms with van der Waals surface area (Å²) in [6.07, 6.45) is 1.59. The molecule has 0 amide bonds. The van der Waals surface area contributed by atoms with Gasteiger partial charge in [0.1, 0.15) is 0 Å². The van der Waals surface area contributed by atoms with Crippen LogP contribution in [0.5, 0.6) is 0 Å². The Balaban J connectivity index is 0.000000179. The number of aryl methyl sites for hydroxylation is 1. The molecule has 2 aliphatic heterocycles.